The van der Waals surface area contributed by atoms with Gasteiger partial charge in [0.05, 0.1) is 20.8 Å². The van der Waals surface area contributed by atoms with Gasteiger partial charge >= 0.3 is 0 Å². The van der Waals surface area contributed by atoms with Crippen LogP contribution in [0.4, 0.5) is 0 Å². The summed E-state index contributed by atoms with van der Waals surface area (Å²) in [4.78, 5) is 10.3. The number of guanidine groups is 1. The first-order valence-corrected chi connectivity index (χ1v) is 10.6. The molecule has 1 aliphatic rings. The number of aromatic nitrogens is 1. The van der Waals surface area contributed by atoms with E-state index in [9.17, 15) is 0 Å². The Morgan fingerprint density at radius 3 is 2.61 bits per heavy atom. The molecule has 1 aliphatic heterocycles. The lowest BCUT2D eigenvalue weighted by molar-refractivity contribution is 0.321. The van der Waals surface area contributed by atoms with E-state index in [-0.39, 0.29) is 0 Å². The molecule has 164 valence electrons. The van der Waals surface area contributed by atoms with Gasteiger partial charge in [0.15, 0.2) is 5.96 Å². The predicted octanol–water partition coefficient (Wildman–Crippen LogP) is 3.12. The maximum absolute atomic E-state index is 5.40. The average Bonchev–Trinajstić information content (AvgIpc) is 3.42. The van der Waals surface area contributed by atoms with Gasteiger partial charge in [-0.05, 0) is 41.6 Å². The van der Waals surface area contributed by atoms with Crippen LogP contribution in [0.2, 0.25) is 0 Å². The number of nitrogens with zero attached hydrogens (tertiary/aromatic N) is 2. The van der Waals surface area contributed by atoms with Gasteiger partial charge < -0.3 is 25.1 Å². The Morgan fingerprint density at radius 1 is 1.13 bits per heavy atom. The van der Waals surface area contributed by atoms with Gasteiger partial charge in [-0.2, -0.15) is 0 Å². The van der Waals surface area contributed by atoms with Crippen molar-refractivity contribution in [3.05, 3.63) is 59.8 Å². The molecule has 0 bridgehead atoms. The van der Waals surface area contributed by atoms with Gasteiger partial charge in [-0.1, -0.05) is 18.2 Å². The molecular weight excluding hydrogens is 390 g/mol. The van der Waals surface area contributed by atoms with Crippen LogP contribution in [0.3, 0.4) is 0 Å². The standard InChI is InChI=1S/C24H31N5O2/c1-25-24(26-14-20-12-18-6-4-5-7-23(18)27-20)28-19-8-9-29(16-19)15-17-10-21(30-2)13-22(11-17)31-3/h4-7,10-13,19,27H,8-9,14-16H2,1-3H3,(H2,25,26,28). The number of hydrogen-bond acceptors (Lipinski definition) is 4. The van der Waals surface area contributed by atoms with Gasteiger partial charge in [-0.25, -0.2) is 0 Å². The molecule has 1 unspecified atom stereocenters. The molecule has 0 spiro atoms. The van der Waals surface area contributed by atoms with E-state index in [2.05, 4.69) is 61.9 Å². The summed E-state index contributed by atoms with van der Waals surface area (Å²) in [5.74, 6) is 2.48. The topological polar surface area (TPSA) is 73.9 Å². The van der Waals surface area contributed by atoms with Crippen molar-refractivity contribution in [1.82, 2.24) is 20.5 Å². The number of fused-ring (bicyclic) bond motifs is 1. The first-order chi connectivity index (χ1) is 15.2. The number of aliphatic imine (C=N–C) groups is 1. The zero-order chi connectivity index (χ0) is 21.6. The number of benzene rings is 2. The highest BCUT2D eigenvalue weighted by atomic mass is 16.5. The molecule has 2 aromatic carbocycles. The number of aromatic amines is 1. The first kappa shape index (κ1) is 21.1. The largest absolute Gasteiger partial charge is 0.497 e. The molecule has 3 aromatic rings. The van der Waals surface area contributed by atoms with Crippen LogP contribution < -0.4 is 20.1 Å². The van der Waals surface area contributed by atoms with E-state index in [0.29, 0.717) is 12.6 Å². The van der Waals surface area contributed by atoms with Gasteiger partial charge in [0.2, 0.25) is 0 Å². The molecule has 1 fully saturated rings. The predicted molar refractivity (Wildman–Crippen MR) is 125 cm³/mol. The molecule has 0 amide bonds. The number of ether oxygens (including phenoxy) is 2. The van der Waals surface area contributed by atoms with Gasteiger partial charge in [-0.3, -0.25) is 9.89 Å². The summed E-state index contributed by atoms with van der Waals surface area (Å²) in [6.45, 7) is 3.57. The summed E-state index contributed by atoms with van der Waals surface area (Å²) >= 11 is 0. The van der Waals surface area contributed by atoms with Gasteiger partial charge in [0.1, 0.15) is 11.5 Å². The average molecular weight is 422 g/mol. The minimum Gasteiger partial charge on any atom is -0.497 e. The monoisotopic (exact) mass is 421 g/mol. The van der Waals surface area contributed by atoms with Crippen LogP contribution in [0, 0.1) is 0 Å². The Morgan fingerprint density at radius 2 is 1.90 bits per heavy atom. The van der Waals surface area contributed by atoms with Crippen molar-refractivity contribution in [2.24, 2.45) is 4.99 Å². The van der Waals surface area contributed by atoms with E-state index in [1.165, 1.54) is 10.9 Å². The van der Waals surface area contributed by atoms with Crippen molar-refractivity contribution in [3.8, 4) is 11.5 Å². The quantitative estimate of drug-likeness (QED) is 0.404. The van der Waals surface area contributed by atoms with Crippen molar-refractivity contribution in [3.63, 3.8) is 0 Å². The number of rotatable bonds is 7. The van der Waals surface area contributed by atoms with Crippen molar-refractivity contribution in [2.45, 2.75) is 25.6 Å². The SMILES string of the molecule is CN=C(NCc1cc2ccccc2[nH]1)NC1CCN(Cc2cc(OC)cc(OC)c2)C1. The fourth-order valence-corrected chi connectivity index (χ4v) is 4.11. The molecule has 1 aromatic heterocycles. The van der Waals surface area contributed by atoms with E-state index in [1.807, 2.05) is 19.2 Å². The van der Waals surface area contributed by atoms with Crippen LogP contribution in [0.1, 0.15) is 17.7 Å². The zero-order valence-electron chi connectivity index (χ0n) is 18.4. The van der Waals surface area contributed by atoms with Crippen molar-refractivity contribution in [1.29, 1.82) is 0 Å². The number of H-pyrrole nitrogens is 1. The second-order valence-corrected chi connectivity index (χ2v) is 7.89. The molecular formula is C24H31N5O2. The molecule has 1 saturated heterocycles. The normalized spacial score (nSPS) is 17.1. The van der Waals surface area contributed by atoms with Crippen LogP contribution in [0.15, 0.2) is 53.5 Å². The highest BCUT2D eigenvalue weighted by Gasteiger charge is 2.23. The Bertz CT molecular complexity index is 990. The van der Waals surface area contributed by atoms with Crippen LogP contribution in [-0.2, 0) is 13.1 Å². The van der Waals surface area contributed by atoms with Gasteiger partial charge in [-0.15, -0.1) is 0 Å². The second kappa shape index (κ2) is 9.75. The minimum atomic E-state index is 0.362. The molecule has 7 heteroatoms. The number of hydrogen-bond donors (Lipinski definition) is 3. The number of likely N-dealkylation sites (tertiary alicyclic amines) is 1. The lowest BCUT2D eigenvalue weighted by Gasteiger charge is -2.19. The Hall–Kier alpha value is -3.19. The summed E-state index contributed by atoms with van der Waals surface area (Å²) < 4.78 is 10.8. The molecule has 0 radical (unpaired) electrons. The second-order valence-electron chi connectivity index (χ2n) is 7.89. The maximum atomic E-state index is 5.40. The lowest BCUT2D eigenvalue weighted by atomic mass is 10.2. The Labute approximate surface area is 183 Å². The molecule has 3 N–H and O–H groups in total. The highest BCUT2D eigenvalue weighted by molar-refractivity contribution is 5.82. The molecule has 7 nitrogen and oxygen atoms in total. The van der Waals surface area contributed by atoms with E-state index in [0.717, 1.165) is 54.7 Å². The van der Waals surface area contributed by atoms with Crippen molar-refractivity contribution in [2.75, 3.05) is 34.4 Å². The molecule has 4 rings (SSSR count). The van der Waals surface area contributed by atoms with Crippen molar-refractivity contribution >= 4 is 16.9 Å². The third-order valence-electron chi connectivity index (χ3n) is 5.69. The van der Waals surface area contributed by atoms with Crippen LogP contribution in [-0.4, -0.2) is 56.2 Å². The maximum Gasteiger partial charge on any atom is 0.191 e. The Balaban J connectivity index is 1.29. The fraction of sp³-hybridized carbons (Fsp3) is 0.375. The van der Waals surface area contributed by atoms with Crippen LogP contribution in [0.25, 0.3) is 10.9 Å². The highest BCUT2D eigenvalue weighted by Crippen LogP contribution is 2.24. The van der Waals surface area contributed by atoms with Crippen LogP contribution in [0.5, 0.6) is 11.5 Å². The number of nitrogens with one attached hydrogen (secondary N) is 3. The molecule has 1 atom stereocenters. The smallest absolute Gasteiger partial charge is 0.191 e. The lowest BCUT2D eigenvalue weighted by Crippen LogP contribution is -2.44. The first-order valence-electron chi connectivity index (χ1n) is 10.6. The summed E-state index contributed by atoms with van der Waals surface area (Å²) in [5, 5.41) is 8.21. The third-order valence-corrected chi connectivity index (χ3v) is 5.69. The van der Waals surface area contributed by atoms with E-state index in [4.69, 9.17) is 9.47 Å². The van der Waals surface area contributed by atoms with E-state index >= 15 is 0 Å². The van der Waals surface area contributed by atoms with Gasteiger partial charge in [0.25, 0.3) is 0 Å². The summed E-state index contributed by atoms with van der Waals surface area (Å²) in [6, 6.07) is 16.9. The van der Waals surface area contributed by atoms with E-state index in [1.54, 1.807) is 14.2 Å². The molecule has 0 saturated carbocycles. The van der Waals surface area contributed by atoms with E-state index < -0.39 is 0 Å². The third kappa shape index (κ3) is 5.30. The number of para-hydroxylation sites is 1. The summed E-state index contributed by atoms with van der Waals surface area (Å²) in [6.07, 6.45) is 1.08. The molecule has 31 heavy (non-hydrogen) atoms. The van der Waals surface area contributed by atoms with Crippen LogP contribution >= 0.6 is 0 Å². The molecule has 2 heterocycles. The zero-order valence-corrected chi connectivity index (χ0v) is 18.4. The summed E-state index contributed by atoms with van der Waals surface area (Å²) in [7, 11) is 5.18. The summed E-state index contributed by atoms with van der Waals surface area (Å²) in [5.41, 5.74) is 3.49. The van der Waals surface area contributed by atoms with Crippen molar-refractivity contribution < 1.29 is 9.47 Å². The minimum absolute atomic E-state index is 0.362. The number of methoxy groups -OCH3 is 2. The fourth-order valence-electron chi connectivity index (χ4n) is 4.11. The van der Waals surface area contributed by atoms with Gasteiger partial charge in [0, 0.05) is 50.0 Å². The Kier molecular flexibility index (Phi) is 6.62. The molecule has 0 aliphatic carbocycles.